The molecule has 0 amide bonds. The third-order valence-electron chi connectivity index (χ3n) is 3.21. The highest BCUT2D eigenvalue weighted by molar-refractivity contribution is 7.80. The van der Waals surface area contributed by atoms with E-state index in [1.165, 1.54) is 12.1 Å². The van der Waals surface area contributed by atoms with Gasteiger partial charge in [-0.2, -0.15) is 0 Å². The second kappa shape index (κ2) is 8.41. The molecule has 0 aliphatic carbocycles. The van der Waals surface area contributed by atoms with Crippen LogP contribution in [0.25, 0.3) is 0 Å². The summed E-state index contributed by atoms with van der Waals surface area (Å²) < 4.78 is 13.5. The smallest absolute Gasteiger partial charge is 0.123 e. The minimum Gasteiger partial charge on any atom is -0.389 e. The first-order valence-electron chi connectivity index (χ1n) is 7.25. The van der Waals surface area contributed by atoms with Crippen molar-refractivity contribution in [1.29, 1.82) is 0 Å². The predicted molar refractivity (Wildman–Crippen MR) is 91.0 cm³/mol. The highest BCUT2D eigenvalue weighted by Gasteiger charge is 2.13. The number of thiocarbonyl (C=S) groups is 1. The van der Waals surface area contributed by atoms with Gasteiger partial charge in [-0.15, -0.1) is 0 Å². The van der Waals surface area contributed by atoms with Gasteiger partial charge in [-0.05, 0) is 43.8 Å². The molecule has 118 valence electrons. The highest BCUT2D eigenvalue weighted by atomic mass is 32.1. The van der Waals surface area contributed by atoms with Crippen molar-refractivity contribution in [1.82, 2.24) is 9.80 Å². The molecule has 0 saturated heterocycles. The van der Waals surface area contributed by atoms with Crippen LogP contribution in [0.15, 0.2) is 18.2 Å². The molecule has 0 fully saturated rings. The maximum absolute atomic E-state index is 13.5. The van der Waals surface area contributed by atoms with E-state index in [0.29, 0.717) is 17.5 Å². The third kappa shape index (κ3) is 6.50. The van der Waals surface area contributed by atoms with Crippen LogP contribution < -0.4 is 5.73 Å². The maximum atomic E-state index is 13.5. The SMILES string of the molecule is CC(C)CN(CCN(C)C)Cc1cc(F)ccc1C(N)=S. The number of nitrogens with two attached hydrogens (primary N) is 1. The van der Waals surface area contributed by atoms with Crippen LogP contribution >= 0.6 is 12.2 Å². The second-order valence-corrected chi connectivity index (χ2v) is 6.54. The van der Waals surface area contributed by atoms with Crippen molar-refractivity contribution in [2.24, 2.45) is 11.7 Å². The lowest BCUT2D eigenvalue weighted by atomic mass is 10.1. The van der Waals surface area contributed by atoms with Crippen LogP contribution in [0.3, 0.4) is 0 Å². The van der Waals surface area contributed by atoms with E-state index in [1.54, 1.807) is 6.07 Å². The molecule has 1 aromatic carbocycles. The molecule has 3 nitrogen and oxygen atoms in total. The highest BCUT2D eigenvalue weighted by Crippen LogP contribution is 2.15. The lowest BCUT2D eigenvalue weighted by Gasteiger charge is -2.26. The second-order valence-electron chi connectivity index (χ2n) is 6.10. The van der Waals surface area contributed by atoms with Crippen molar-refractivity contribution in [2.75, 3.05) is 33.7 Å². The van der Waals surface area contributed by atoms with Crippen LogP contribution in [0.1, 0.15) is 25.0 Å². The molecule has 5 heteroatoms. The van der Waals surface area contributed by atoms with Crippen LogP contribution in [0, 0.1) is 11.7 Å². The van der Waals surface area contributed by atoms with E-state index < -0.39 is 0 Å². The van der Waals surface area contributed by atoms with Gasteiger partial charge in [-0.1, -0.05) is 26.1 Å². The Bertz CT molecular complexity index is 475. The zero-order valence-corrected chi connectivity index (χ0v) is 14.2. The Balaban J connectivity index is 2.90. The molecule has 1 aromatic rings. The van der Waals surface area contributed by atoms with Crippen LogP contribution in [-0.4, -0.2) is 48.5 Å². The maximum Gasteiger partial charge on any atom is 0.123 e. The summed E-state index contributed by atoms with van der Waals surface area (Å²) in [7, 11) is 4.10. The minimum absolute atomic E-state index is 0.248. The van der Waals surface area contributed by atoms with E-state index in [1.807, 2.05) is 0 Å². The molecule has 0 aliphatic rings. The van der Waals surface area contributed by atoms with Crippen molar-refractivity contribution in [3.05, 3.63) is 35.1 Å². The minimum atomic E-state index is -0.248. The van der Waals surface area contributed by atoms with Gasteiger partial charge in [0.2, 0.25) is 0 Å². The summed E-state index contributed by atoms with van der Waals surface area (Å²) in [6, 6.07) is 4.62. The van der Waals surface area contributed by atoms with Gasteiger partial charge in [0, 0.05) is 31.7 Å². The Kier molecular flexibility index (Phi) is 7.22. The zero-order chi connectivity index (χ0) is 16.0. The lowest BCUT2D eigenvalue weighted by Crippen LogP contribution is -2.34. The fraction of sp³-hybridized carbons (Fsp3) is 0.562. The van der Waals surface area contributed by atoms with Gasteiger partial charge in [0.25, 0.3) is 0 Å². The monoisotopic (exact) mass is 311 g/mol. The number of hydrogen-bond donors (Lipinski definition) is 1. The Morgan fingerprint density at radius 3 is 2.48 bits per heavy atom. The summed E-state index contributed by atoms with van der Waals surface area (Å²) in [6.45, 7) is 7.88. The fourth-order valence-electron chi connectivity index (χ4n) is 2.27. The Morgan fingerprint density at radius 1 is 1.29 bits per heavy atom. The normalized spacial score (nSPS) is 11.6. The van der Waals surface area contributed by atoms with E-state index in [-0.39, 0.29) is 5.82 Å². The Hall–Kier alpha value is -1.04. The molecule has 0 aromatic heterocycles. The van der Waals surface area contributed by atoms with E-state index >= 15 is 0 Å². The summed E-state index contributed by atoms with van der Waals surface area (Å²) in [5, 5.41) is 0. The van der Waals surface area contributed by atoms with Gasteiger partial charge < -0.3 is 10.6 Å². The van der Waals surface area contributed by atoms with Crippen LogP contribution in [0.4, 0.5) is 4.39 Å². The molecule has 21 heavy (non-hydrogen) atoms. The van der Waals surface area contributed by atoms with Crippen LogP contribution in [-0.2, 0) is 6.54 Å². The lowest BCUT2D eigenvalue weighted by molar-refractivity contribution is 0.211. The number of nitrogens with zero attached hydrogens (tertiary/aromatic N) is 2. The number of rotatable bonds is 8. The predicted octanol–water partition coefficient (Wildman–Crippen LogP) is 2.48. The summed E-state index contributed by atoms with van der Waals surface area (Å²) in [6.07, 6.45) is 0. The first-order valence-corrected chi connectivity index (χ1v) is 7.65. The average Bonchev–Trinajstić information content (AvgIpc) is 2.35. The molecule has 0 saturated carbocycles. The fourth-order valence-corrected chi connectivity index (χ4v) is 2.47. The summed E-state index contributed by atoms with van der Waals surface area (Å²) in [5.41, 5.74) is 7.38. The molecule has 0 aliphatic heterocycles. The molecule has 0 bridgehead atoms. The van der Waals surface area contributed by atoms with Crippen molar-refractivity contribution in [2.45, 2.75) is 20.4 Å². The van der Waals surface area contributed by atoms with Gasteiger partial charge >= 0.3 is 0 Å². The van der Waals surface area contributed by atoms with E-state index in [4.69, 9.17) is 18.0 Å². The molecular weight excluding hydrogens is 285 g/mol. The molecule has 0 radical (unpaired) electrons. The third-order valence-corrected chi connectivity index (χ3v) is 3.43. The van der Waals surface area contributed by atoms with Crippen molar-refractivity contribution < 1.29 is 4.39 Å². The van der Waals surface area contributed by atoms with Gasteiger partial charge in [-0.25, -0.2) is 4.39 Å². The van der Waals surface area contributed by atoms with Crippen molar-refractivity contribution in [3.8, 4) is 0 Å². The van der Waals surface area contributed by atoms with Gasteiger partial charge in [-0.3, -0.25) is 4.90 Å². The zero-order valence-electron chi connectivity index (χ0n) is 13.4. The Morgan fingerprint density at radius 2 is 1.95 bits per heavy atom. The molecule has 0 heterocycles. The van der Waals surface area contributed by atoms with Crippen LogP contribution in [0.2, 0.25) is 0 Å². The quantitative estimate of drug-likeness (QED) is 0.748. The molecule has 1 rings (SSSR count). The summed E-state index contributed by atoms with van der Waals surface area (Å²) in [4.78, 5) is 4.79. The molecule has 0 spiro atoms. The Labute approximate surface area is 132 Å². The number of hydrogen-bond acceptors (Lipinski definition) is 3. The van der Waals surface area contributed by atoms with E-state index in [0.717, 1.165) is 30.8 Å². The number of halogens is 1. The molecule has 0 atom stereocenters. The average molecular weight is 311 g/mol. The van der Waals surface area contributed by atoms with E-state index in [2.05, 4.69) is 37.7 Å². The molecule has 2 N–H and O–H groups in total. The number of likely N-dealkylation sites (N-methyl/N-ethyl adjacent to an activating group) is 1. The van der Waals surface area contributed by atoms with E-state index in [9.17, 15) is 4.39 Å². The van der Waals surface area contributed by atoms with Gasteiger partial charge in [0.1, 0.15) is 10.8 Å². The summed E-state index contributed by atoms with van der Waals surface area (Å²) in [5.74, 6) is 0.302. The standard InChI is InChI=1S/C16H26FN3S/c1-12(2)10-20(8-7-19(3)4)11-13-9-14(17)5-6-15(13)16(18)21/h5-6,9,12H,7-8,10-11H2,1-4H3,(H2,18,21). The summed E-state index contributed by atoms with van der Waals surface area (Å²) >= 11 is 5.07. The van der Waals surface area contributed by atoms with Gasteiger partial charge in [0.15, 0.2) is 0 Å². The largest absolute Gasteiger partial charge is 0.389 e. The molecule has 0 unspecified atom stereocenters. The molecular formula is C16H26FN3S. The van der Waals surface area contributed by atoms with Crippen molar-refractivity contribution >= 4 is 17.2 Å². The first-order chi connectivity index (χ1) is 9.79. The van der Waals surface area contributed by atoms with Crippen LogP contribution in [0.5, 0.6) is 0 Å². The first kappa shape index (κ1) is 18.0. The van der Waals surface area contributed by atoms with Crippen molar-refractivity contribution in [3.63, 3.8) is 0 Å². The number of benzene rings is 1. The van der Waals surface area contributed by atoms with Gasteiger partial charge in [0.05, 0.1) is 0 Å². The topological polar surface area (TPSA) is 32.5 Å².